The van der Waals surface area contributed by atoms with E-state index in [1.807, 2.05) is 31.2 Å². The van der Waals surface area contributed by atoms with E-state index < -0.39 is 10.0 Å². The van der Waals surface area contributed by atoms with Crippen LogP contribution in [0, 0.1) is 13.8 Å². The molecule has 0 aliphatic rings. The van der Waals surface area contributed by atoms with Crippen molar-refractivity contribution in [3.8, 4) is 11.5 Å². The molecule has 0 saturated heterocycles. The van der Waals surface area contributed by atoms with Gasteiger partial charge in [-0.25, -0.2) is 13.1 Å². The Morgan fingerprint density at radius 1 is 1.04 bits per heavy atom. The van der Waals surface area contributed by atoms with Gasteiger partial charge < -0.3 is 9.47 Å². The summed E-state index contributed by atoms with van der Waals surface area (Å²) >= 11 is 0. The quantitative estimate of drug-likeness (QED) is 0.882. The first-order valence-corrected chi connectivity index (χ1v) is 8.64. The average molecular weight is 335 g/mol. The highest BCUT2D eigenvalue weighted by atomic mass is 32.2. The van der Waals surface area contributed by atoms with Gasteiger partial charge in [0.05, 0.1) is 14.2 Å². The van der Waals surface area contributed by atoms with Gasteiger partial charge in [-0.3, -0.25) is 0 Å². The highest BCUT2D eigenvalue weighted by Crippen LogP contribution is 2.34. The van der Waals surface area contributed by atoms with Crippen molar-refractivity contribution in [3.63, 3.8) is 0 Å². The van der Waals surface area contributed by atoms with Gasteiger partial charge in [0.1, 0.15) is 16.4 Å². The number of aryl methyl sites for hydroxylation is 1. The van der Waals surface area contributed by atoms with E-state index in [1.165, 1.54) is 20.3 Å². The van der Waals surface area contributed by atoms with Crippen molar-refractivity contribution < 1.29 is 17.9 Å². The first-order chi connectivity index (χ1) is 10.9. The van der Waals surface area contributed by atoms with Crippen LogP contribution in [0.4, 0.5) is 0 Å². The first-order valence-electron chi connectivity index (χ1n) is 7.16. The zero-order valence-corrected chi connectivity index (χ0v) is 14.5. The minimum Gasteiger partial charge on any atom is -0.496 e. The van der Waals surface area contributed by atoms with Gasteiger partial charge in [-0.2, -0.15) is 0 Å². The molecule has 2 aromatic carbocycles. The molecule has 0 aromatic heterocycles. The number of nitrogens with one attached hydrogen (secondary N) is 1. The van der Waals surface area contributed by atoms with E-state index in [2.05, 4.69) is 4.72 Å². The zero-order valence-electron chi connectivity index (χ0n) is 13.7. The summed E-state index contributed by atoms with van der Waals surface area (Å²) in [6, 6.07) is 10.8. The van der Waals surface area contributed by atoms with Crippen LogP contribution in [0.3, 0.4) is 0 Å². The predicted molar refractivity (Wildman–Crippen MR) is 89.5 cm³/mol. The average Bonchev–Trinajstić information content (AvgIpc) is 2.52. The normalized spacial score (nSPS) is 11.3. The number of ether oxygens (including phenoxy) is 2. The van der Waals surface area contributed by atoms with Crippen molar-refractivity contribution in [2.75, 3.05) is 14.2 Å². The van der Waals surface area contributed by atoms with Crippen molar-refractivity contribution in [1.82, 2.24) is 4.72 Å². The highest BCUT2D eigenvalue weighted by molar-refractivity contribution is 7.89. The van der Waals surface area contributed by atoms with Crippen LogP contribution in [-0.2, 0) is 16.6 Å². The fraction of sp³-hybridized carbons (Fsp3) is 0.294. The molecule has 0 amide bonds. The number of sulfonamides is 1. The molecule has 23 heavy (non-hydrogen) atoms. The molecule has 0 aliphatic heterocycles. The highest BCUT2D eigenvalue weighted by Gasteiger charge is 2.22. The Morgan fingerprint density at radius 2 is 1.78 bits per heavy atom. The van der Waals surface area contributed by atoms with Gasteiger partial charge in [0.15, 0.2) is 0 Å². The molecule has 0 saturated carbocycles. The predicted octanol–water partition coefficient (Wildman–Crippen LogP) is 2.80. The summed E-state index contributed by atoms with van der Waals surface area (Å²) in [6.45, 7) is 3.95. The molecule has 0 aliphatic carbocycles. The van der Waals surface area contributed by atoms with Crippen LogP contribution >= 0.6 is 0 Å². The molecule has 6 heteroatoms. The summed E-state index contributed by atoms with van der Waals surface area (Å²) in [5.41, 5.74) is 2.63. The lowest BCUT2D eigenvalue weighted by molar-refractivity contribution is 0.380. The van der Waals surface area contributed by atoms with Crippen molar-refractivity contribution in [3.05, 3.63) is 53.1 Å². The lowest BCUT2D eigenvalue weighted by Gasteiger charge is -2.15. The van der Waals surface area contributed by atoms with Gasteiger partial charge in [-0.05, 0) is 31.5 Å². The summed E-state index contributed by atoms with van der Waals surface area (Å²) in [6.07, 6.45) is 0. The number of benzene rings is 2. The zero-order chi connectivity index (χ0) is 17.0. The Bertz CT molecular complexity index is 800. The van der Waals surface area contributed by atoms with E-state index >= 15 is 0 Å². The molecule has 0 unspecified atom stereocenters. The van der Waals surface area contributed by atoms with Crippen LogP contribution in [0.25, 0.3) is 0 Å². The van der Waals surface area contributed by atoms with Gasteiger partial charge in [-0.15, -0.1) is 0 Å². The molecule has 5 nitrogen and oxygen atoms in total. The molecule has 0 atom stereocenters. The maximum Gasteiger partial charge on any atom is 0.244 e. The van der Waals surface area contributed by atoms with Crippen LogP contribution in [0.1, 0.15) is 16.7 Å². The van der Waals surface area contributed by atoms with E-state index in [-0.39, 0.29) is 11.4 Å². The summed E-state index contributed by atoms with van der Waals surface area (Å²) < 4.78 is 38.3. The van der Waals surface area contributed by atoms with Gasteiger partial charge in [0.2, 0.25) is 10.0 Å². The maximum absolute atomic E-state index is 12.6. The molecule has 0 heterocycles. The van der Waals surface area contributed by atoms with Crippen molar-refractivity contribution >= 4 is 10.0 Å². The van der Waals surface area contributed by atoms with E-state index in [4.69, 9.17) is 9.47 Å². The second kappa shape index (κ2) is 7.02. The Kier molecular flexibility index (Phi) is 5.28. The summed E-state index contributed by atoms with van der Waals surface area (Å²) in [7, 11) is -0.713. The van der Waals surface area contributed by atoms with E-state index in [0.717, 1.165) is 11.1 Å². The molecular formula is C17H21NO4S. The third-order valence-corrected chi connectivity index (χ3v) is 5.01. The molecule has 2 rings (SSSR count). The molecule has 0 radical (unpaired) electrons. The van der Waals surface area contributed by atoms with Crippen molar-refractivity contribution in [2.45, 2.75) is 25.3 Å². The monoisotopic (exact) mass is 335 g/mol. The standard InChI is InChI=1S/C17H21NO4S/c1-12-6-5-7-14(10-12)11-18-23(19,20)16-9-8-15(21-3)13(2)17(16)22-4/h5-10,18H,11H2,1-4H3. The third-order valence-electron chi connectivity index (χ3n) is 3.58. The smallest absolute Gasteiger partial charge is 0.244 e. The minimum absolute atomic E-state index is 0.103. The first kappa shape index (κ1) is 17.3. The molecule has 1 N–H and O–H groups in total. The Labute approximate surface area is 137 Å². The topological polar surface area (TPSA) is 64.6 Å². The lowest BCUT2D eigenvalue weighted by Crippen LogP contribution is -2.24. The fourth-order valence-corrected chi connectivity index (χ4v) is 3.65. The summed E-state index contributed by atoms with van der Waals surface area (Å²) in [5.74, 6) is 0.876. The minimum atomic E-state index is -3.69. The summed E-state index contributed by atoms with van der Waals surface area (Å²) in [5, 5.41) is 0. The largest absolute Gasteiger partial charge is 0.496 e. The molecular weight excluding hydrogens is 314 g/mol. The van der Waals surface area contributed by atoms with Crippen LogP contribution < -0.4 is 14.2 Å². The SMILES string of the molecule is COc1ccc(S(=O)(=O)NCc2cccc(C)c2)c(OC)c1C. The lowest BCUT2D eigenvalue weighted by atomic mass is 10.1. The second-order valence-electron chi connectivity index (χ2n) is 5.24. The molecule has 2 aromatic rings. The molecule has 0 spiro atoms. The van der Waals surface area contributed by atoms with Crippen molar-refractivity contribution in [2.24, 2.45) is 0 Å². The number of methoxy groups -OCH3 is 2. The maximum atomic E-state index is 12.6. The van der Waals surface area contributed by atoms with Crippen LogP contribution in [0.5, 0.6) is 11.5 Å². The van der Waals surface area contributed by atoms with Gasteiger partial charge >= 0.3 is 0 Å². The third kappa shape index (κ3) is 3.83. The van der Waals surface area contributed by atoms with E-state index in [1.54, 1.807) is 13.0 Å². The van der Waals surface area contributed by atoms with Crippen LogP contribution in [0.15, 0.2) is 41.3 Å². The Morgan fingerprint density at radius 3 is 2.39 bits per heavy atom. The van der Waals surface area contributed by atoms with Crippen molar-refractivity contribution in [1.29, 1.82) is 0 Å². The van der Waals surface area contributed by atoms with E-state index in [9.17, 15) is 8.42 Å². The Balaban J connectivity index is 2.31. The van der Waals surface area contributed by atoms with Crippen LogP contribution in [0.2, 0.25) is 0 Å². The number of hydrogen-bond donors (Lipinski definition) is 1. The van der Waals surface area contributed by atoms with E-state index in [0.29, 0.717) is 17.1 Å². The van der Waals surface area contributed by atoms with Gasteiger partial charge in [0, 0.05) is 12.1 Å². The Hall–Kier alpha value is -2.05. The molecule has 124 valence electrons. The molecule has 0 bridgehead atoms. The van der Waals surface area contributed by atoms with Crippen LogP contribution in [-0.4, -0.2) is 22.6 Å². The van der Waals surface area contributed by atoms with Gasteiger partial charge in [-0.1, -0.05) is 29.8 Å². The fourth-order valence-electron chi connectivity index (χ4n) is 2.41. The van der Waals surface area contributed by atoms with Gasteiger partial charge in [0.25, 0.3) is 0 Å². The number of hydrogen-bond acceptors (Lipinski definition) is 4. The molecule has 0 fully saturated rings. The second-order valence-corrected chi connectivity index (χ2v) is 6.97. The summed E-state index contributed by atoms with van der Waals surface area (Å²) in [4.78, 5) is 0.103. The number of rotatable bonds is 6.